The van der Waals surface area contributed by atoms with E-state index in [1.807, 2.05) is 55.5 Å². The number of hydrazine groups is 1. The molecular weight excluding hydrogens is 338 g/mol. The standard InChI is InChI=1S/C19H22ClN3O2/c1-2-25-18-6-4-3-5-14(18)12-21-19(24)17-11-16(22-23-17)13-7-9-15(20)10-8-13/h3-10,16-17,22-23H,2,11-12H2,1H3,(H,21,24). The second-order valence-corrected chi connectivity index (χ2v) is 6.38. The normalized spacial score (nSPS) is 19.6. The van der Waals surface area contributed by atoms with Crippen LogP contribution < -0.4 is 20.9 Å². The molecule has 3 rings (SSSR count). The summed E-state index contributed by atoms with van der Waals surface area (Å²) in [5.41, 5.74) is 8.32. The van der Waals surface area contributed by atoms with Crippen molar-refractivity contribution >= 4 is 17.5 Å². The van der Waals surface area contributed by atoms with Gasteiger partial charge in [0.2, 0.25) is 5.91 Å². The number of rotatable bonds is 6. The lowest BCUT2D eigenvalue weighted by molar-refractivity contribution is -0.123. The minimum absolute atomic E-state index is 0.0322. The van der Waals surface area contributed by atoms with Gasteiger partial charge < -0.3 is 10.1 Å². The largest absolute Gasteiger partial charge is 0.494 e. The van der Waals surface area contributed by atoms with Gasteiger partial charge in [0.25, 0.3) is 0 Å². The average molecular weight is 360 g/mol. The third-order valence-corrected chi connectivity index (χ3v) is 4.47. The van der Waals surface area contributed by atoms with Crippen LogP contribution in [0.1, 0.15) is 30.5 Å². The second kappa shape index (κ2) is 8.34. The smallest absolute Gasteiger partial charge is 0.238 e. The Morgan fingerprint density at radius 3 is 2.72 bits per heavy atom. The highest BCUT2D eigenvalue weighted by Gasteiger charge is 2.29. The Morgan fingerprint density at radius 1 is 1.20 bits per heavy atom. The number of benzene rings is 2. The molecule has 0 spiro atoms. The lowest BCUT2D eigenvalue weighted by atomic mass is 10.0. The van der Waals surface area contributed by atoms with E-state index < -0.39 is 0 Å². The van der Waals surface area contributed by atoms with Gasteiger partial charge in [0.15, 0.2) is 0 Å². The van der Waals surface area contributed by atoms with Crippen molar-refractivity contribution in [1.29, 1.82) is 0 Å². The van der Waals surface area contributed by atoms with Gasteiger partial charge in [-0.2, -0.15) is 0 Å². The molecule has 5 nitrogen and oxygen atoms in total. The van der Waals surface area contributed by atoms with Crippen LogP contribution in [0, 0.1) is 0 Å². The third kappa shape index (κ3) is 4.51. The monoisotopic (exact) mass is 359 g/mol. The molecule has 1 aliphatic heterocycles. The Hall–Kier alpha value is -2.08. The van der Waals surface area contributed by atoms with E-state index in [9.17, 15) is 4.79 Å². The van der Waals surface area contributed by atoms with Crippen LogP contribution in [0.15, 0.2) is 48.5 Å². The summed E-state index contributed by atoms with van der Waals surface area (Å²) in [6, 6.07) is 15.2. The number of halogens is 1. The van der Waals surface area contributed by atoms with E-state index in [-0.39, 0.29) is 18.0 Å². The molecule has 2 unspecified atom stereocenters. The average Bonchev–Trinajstić information content (AvgIpc) is 3.12. The van der Waals surface area contributed by atoms with E-state index in [0.717, 1.165) is 16.9 Å². The number of ether oxygens (including phenoxy) is 1. The quantitative estimate of drug-likeness (QED) is 0.742. The number of carbonyl (C=O) groups is 1. The molecule has 1 saturated heterocycles. The SMILES string of the molecule is CCOc1ccccc1CNC(=O)C1CC(c2ccc(Cl)cc2)NN1. The molecule has 2 aromatic carbocycles. The van der Waals surface area contributed by atoms with Crippen LogP contribution in [-0.4, -0.2) is 18.6 Å². The van der Waals surface area contributed by atoms with E-state index in [1.54, 1.807) is 0 Å². The van der Waals surface area contributed by atoms with Gasteiger partial charge in [0.1, 0.15) is 11.8 Å². The maximum absolute atomic E-state index is 12.4. The Kier molecular flexibility index (Phi) is 5.91. The molecule has 0 aliphatic carbocycles. The highest BCUT2D eigenvalue weighted by atomic mass is 35.5. The first-order chi connectivity index (χ1) is 12.2. The van der Waals surface area contributed by atoms with Crippen molar-refractivity contribution in [2.45, 2.75) is 32.0 Å². The van der Waals surface area contributed by atoms with Gasteiger partial charge in [0, 0.05) is 23.2 Å². The van der Waals surface area contributed by atoms with E-state index in [4.69, 9.17) is 16.3 Å². The van der Waals surface area contributed by atoms with Crippen molar-refractivity contribution in [3.05, 3.63) is 64.7 Å². The number of hydrogen-bond acceptors (Lipinski definition) is 4. The predicted octanol–water partition coefficient (Wildman–Crippen LogP) is 2.96. The molecule has 1 aliphatic rings. The number of para-hydroxylation sites is 1. The van der Waals surface area contributed by atoms with Gasteiger partial charge in [-0.05, 0) is 37.1 Å². The third-order valence-electron chi connectivity index (χ3n) is 4.22. The number of carbonyl (C=O) groups excluding carboxylic acids is 1. The minimum Gasteiger partial charge on any atom is -0.494 e. The summed E-state index contributed by atoms with van der Waals surface area (Å²) >= 11 is 5.92. The first kappa shape index (κ1) is 17.7. The van der Waals surface area contributed by atoms with Gasteiger partial charge in [-0.15, -0.1) is 0 Å². The first-order valence-corrected chi connectivity index (χ1v) is 8.80. The highest BCUT2D eigenvalue weighted by Crippen LogP contribution is 2.24. The van der Waals surface area contributed by atoms with Crippen LogP contribution >= 0.6 is 11.6 Å². The van der Waals surface area contributed by atoms with E-state index in [2.05, 4.69) is 16.2 Å². The van der Waals surface area contributed by atoms with Crippen LogP contribution in [0.25, 0.3) is 0 Å². The highest BCUT2D eigenvalue weighted by molar-refractivity contribution is 6.30. The van der Waals surface area contributed by atoms with Crippen molar-refractivity contribution in [3.8, 4) is 5.75 Å². The van der Waals surface area contributed by atoms with Crippen LogP contribution in [0.2, 0.25) is 5.02 Å². The molecule has 6 heteroatoms. The fraction of sp³-hybridized carbons (Fsp3) is 0.316. The molecule has 0 bridgehead atoms. The number of amides is 1. The summed E-state index contributed by atoms with van der Waals surface area (Å²) in [5.74, 6) is 0.775. The van der Waals surface area contributed by atoms with Gasteiger partial charge >= 0.3 is 0 Å². The van der Waals surface area contributed by atoms with Crippen molar-refractivity contribution in [2.75, 3.05) is 6.61 Å². The van der Waals surface area contributed by atoms with Crippen molar-refractivity contribution in [1.82, 2.24) is 16.2 Å². The van der Waals surface area contributed by atoms with Crippen LogP contribution in [0.3, 0.4) is 0 Å². The topological polar surface area (TPSA) is 62.4 Å². The van der Waals surface area contributed by atoms with Gasteiger partial charge in [0.05, 0.1) is 6.61 Å². The van der Waals surface area contributed by atoms with Crippen LogP contribution in [0.4, 0.5) is 0 Å². The Labute approximate surface area is 152 Å². The molecular formula is C19H22ClN3O2. The molecule has 2 atom stereocenters. The van der Waals surface area contributed by atoms with Crippen LogP contribution in [0.5, 0.6) is 5.75 Å². The van der Waals surface area contributed by atoms with Gasteiger partial charge in [-0.25, -0.2) is 10.9 Å². The summed E-state index contributed by atoms with van der Waals surface area (Å²) in [6.07, 6.45) is 0.681. The van der Waals surface area contributed by atoms with E-state index in [0.29, 0.717) is 24.6 Å². The van der Waals surface area contributed by atoms with Gasteiger partial charge in [-0.3, -0.25) is 4.79 Å². The lowest BCUT2D eigenvalue weighted by Gasteiger charge is -2.13. The van der Waals surface area contributed by atoms with E-state index in [1.165, 1.54) is 0 Å². The van der Waals surface area contributed by atoms with Crippen molar-refractivity contribution < 1.29 is 9.53 Å². The summed E-state index contributed by atoms with van der Waals surface area (Å²) in [4.78, 5) is 12.4. The molecule has 3 N–H and O–H groups in total. The molecule has 1 amide bonds. The molecule has 1 heterocycles. The predicted molar refractivity (Wildman–Crippen MR) is 98.3 cm³/mol. The Bertz CT molecular complexity index is 721. The maximum atomic E-state index is 12.4. The molecule has 0 radical (unpaired) electrons. The summed E-state index contributed by atoms with van der Waals surface area (Å²) < 4.78 is 5.59. The van der Waals surface area contributed by atoms with Crippen molar-refractivity contribution in [3.63, 3.8) is 0 Å². The summed E-state index contributed by atoms with van der Waals surface area (Å²) in [6.45, 7) is 2.99. The molecule has 0 saturated carbocycles. The van der Waals surface area contributed by atoms with E-state index >= 15 is 0 Å². The molecule has 0 aromatic heterocycles. The van der Waals surface area contributed by atoms with Gasteiger partial charge in [-0.1, -0.05) is 41.9 Å². The Morgan fingerprint density at radius 2 is 1.96 bits per heavy atom. The molecule has 132 valence electrons. The number of nitrogens with one attached hydrogen (secondary N) is 3. The summed E-state index contributed by atoms with van der Waals surface area (Å²) in [7, 11) is 0. The fourth-order valence-corrected chi connectivity index (χ4v) is 3.02. The molecule has 1 fully saturated rings. The van der Waals surface area contributed by atoms with Crippen molar-refractivity contribution in [2.24, 2.45) is 0 Å². The first-order valence-electron chi connectivity index (χ1n) is 8.42. The zero-order valence-corrected chi connectivity index (χ0v) is 14.8. The molecule has 2 aromatic rings. The zero-order chi connectivity index (χ0) is 17.6. The fourth-order valence-electron chi connectivity index (χ4n) is 2.89. The maximum Gasteiger partial charge on any atom is 0.238 e. The minimum atomic E-state index is -0.278. The van der Waals surface area contributed by atoms with Crippen LogP contribution in [-0.2, 0) is 11.3 Å². The molecule has 25 heavy (non-hydrogen) atoms. The Balaban J connectivity index is 1.55. The number of hydrogen-bond donors (Lipinski definition) is 3. The second-order valence-electron chi connectivity index (χ2n) is 5.94. The summed E-state index contributed by atoms with van der Waals surface area (Å²) in [5, 5.41) is 3.68. The lowest BCUT2D eigenvalue weighted by Crippen LogP contribution is -2.42. The zero-order valence-electron chi connectivity index (χ0n) is 14.1.